The summed E-state index contributed by atoms with van der Waals surface area (Å²) in [5, 5.41) is 3.15. The number of aromatic nitrogens is 1. The zero-order chi connectivity index (χ0) is 18.4. The summed E-state index contributed by atoms with van der Waals surface area (Å²) in [6, 6.07) is 9.78. The van der Waals surface area contributed by atoms with Gasteiger partial charge in [0.05, 0.1) is 13.2 Å². The summed E-state index contributed by atoms with van der Waals surface area (Å²) in [4.78, 5) is 4.38. The predicted octanol–water partition coefficient (Wildman–Crippen LogP) is 2.29. The molecule has 8 heteroatoms. The average molecular weight is 379 g/mol. The van der Waals surface area contributed by atoms with Crippen molar-refractivity contribution in [3.05, 3.63) is 54.0 Å². The predicted molar refractivity (Wildman–Crippen MR) is 97.0 cm³/mol. The zero-order valence-corrected chi connectivity index (χ0v) is 15.2. The Balaban J connectivity index is 1.51. The minimum atomic E-state index is -3.52. The summed E-state index contributed by atoms with van der Waals surface area (Å²) in [6.45, 7) is 2.22. The van der Waals surface area contributed by atoms with E-state index in [9.17, 15) is 12.8 Å². The van der Waals surface area contributed by atoms with Crippen molar-refractivity contribution in [2.75, 3.05) is 38.2 Å². The third kappa shape index (κ3) is 4.78. The second-order valence-corrected chi connectivity index (χ2v) is 7.99. The van der Waals surface area contributed by atoms with Crippen LogP contribution in [0.3, 0.4) is 0 Å². The highest BCUT2D eigenvalue weighted by atomic mass is 32.2. The topological polar surface area (TPSA) is 71.5 Å². The highest BCUT2D eigenvalue weighted by Gasteiger charge is 2.26. The molecule has 1 aliphatic heterocycles. The van der Waals surface area contributed by atoms with Crippen LogP contribution in [0, 0.1) is 5.82 Å². The zero-order valence-electron chi connectivity index (χ0n) is 14.4. The number of pyridine rings is 1. The number of morpholine rings is 1. The molecule has 26 heavy (non-hydrogen) atoms. The highest BCUT2D eigenvalue weighted by molar-refractivity contribution is 7.89. The molecule has 0 amide bonds. The first-order valence-corrected chi connectivity index (χ1v) is 10.0. The molecule has 1 aliphatic rings. The molecule has 1 saturated heterocycles. The molecule has 1 aromatic carbocycles. The van der Waals surface area contributed by atoms with Crippen molar-refractivity contribution in [2.45, 2.75) is 17.7 Å². The molecule has 2 heterocycles. The quantitative estimate of drug-likeness (QED) is 0.748. The Hall–Kier alpha value is -2.03. The van der Waals surface area contributed by atoms with Crippen LogP contribution in [0.2, 0.25) is 0 Å². The highest BCUT2D eigenvalue weighted by Crippen LogP contribution is 2.17. The summed E-state index contributed by atoms with van der Waals surface area (Å²) in [5.41, 5.74) is 0.951. The Labute approximate surface area is 153 Å². The van der Waals surface area contributed by atoms with E-state index in [2.05, 4.69) is 10.3 Å². The number of aryl methyl sites for hydroxylation is 1. The van der Waals surface area contributed by atoms with Gasteiger partial charge in [0.1, 0.15) is 16.5 Å². The van der Waals surface area contributed by atoms with Crippen molar-refractivity contribution in [3.8, 4) is 0 Å². The first-order valence-electron chi connectivity index (χ1n) is 8.58. The first kappa shape index (κ1) is 18.8. The molecule has 0 unspecified atom stereocenters. The lowest BCUT2D eigenvalue weighted by Gasteiger charge is -2.25. The van der Waals surface area contributed by atoms with Gasteiger partial charge in [0.15, 0.2) is 0 Å². The molecule has 6 nitrogen and oxygen atoms in total. The summed E-state index contributed by atoms with van der Waals surface area (Å²) in [5.74, 6) is 0.388. The molecule has 2 aromatic rings. The monoisotopic (exact) mass is 379 g/mol. The minimum Gasteiger partial charge on any atom is -0.379 e. The molecular formula is C18H22FN3O3S. The molecule has 3 rings (SSSR count). The van der Waals surface area contributed by atoms with Gasteiger partial charge in [0.2, 0.25) is 10.0 Å². The van der Waals surface area contributed by atoms with Gasteiger partial charge in [-0.2, -0.15) is 4.31 Å². The van der Waals surface area contributed by atoms with Gasteiger partial charge in [-0.1, -0.05) is 12.1 Å². The summed E-state index contributed by atoms with van der Waals surface area (Å²) < 4.78 is 44.8. The number of nitrogens with zero attached hydrogens (tertiary/aromatic N) is 2. The normalized spacial score (nSPS) is 15.7. The summed E-state index contributed by atoms with van der Waals surface area (Å²) in [7, 11) is -3.52. The van der Waals surface area contributed by atoms with Gasteiger partial charge in [-0.15, -0.1) is 0 Å². The van der Waals surface area contributed by atoms with Gasteiger partial charge >= 0.3 is 0 Å². The number of nitrogens with one attached hydrogen (secondary N) is 1. The first-order chi connectivity index (χ1) is 12.6. The number of hydrogen-bond donors (Lipinski definition) is 1. The lowest BCUT2D eigenvalue weighted by Crippen LogP contribution is -2.40. The van der Waals surface area contributed by atoms with E-state index in [1.165, 1.54) is 22.6 Å². The average Bonchev–Trinajstić information content (AvgIpc) is 2.66. The lowest BCUT2D eigenvalue weighted by atomic mass is 10.1. The smallest absolute Gasteiger partial charge is 0.244 e. The molecule has 1 aromatic heterocycles. The fraction of sp³-hybridized carbons (Fsp3) is 0.389. The summed E-state index contributed by atoms with van der Waals surface area (Å²) >= 11 is 0. The van der Waals surface area contributed by atoms with Crippen LogP contribution in [0.5, 0.6) is 0 Å². The van der Waals surface area contributed by atoms with E-state index < -0.39 is 10.0 Å². The second kappa shape index (κ2) is 8.57. The van der Waals surface area contributed by atoms with E-state index in [0.29, 0.717) is 38.7 Å². The second-order valence-electron chi connectivity index (χ2n) is 6.06. The molecule has 1 N–H and O–H groups in total. The van der Waals surface area contributed by atoms with Crippen LogP contribution in [-0.2, 0) is 21.2 Å². The number of anilines is 1. The third-order valence-corrected chi connectivity index (χ3v) is 6.06. The van der Waals surface area contributed by atoms with Gasteiger partial charge in [0, 0.05) is 25.8 Å². The number of halogens is 1. The van der Waals surface area contributed by atoms with E-state index in [0.717, 1.165) is 18.4 Å². The van der Waals surface area contributed by atoms with E-state index in [1.54, 1.807) is 18.2 Å². The van der Waals surface area contributed by atoms with Crippen molar-refractivity contribution < 1.29 is 17.5 Å². The van der Waals surface area contributed by atoms with Gasteiger partial charge in [-0.05, 0) is 42.7 Å². The van der Waals surface area contributed by atoms with Crippen LogP contribution in [0.25, 0.3) is 0 Å². The molecule has 1 fully saturated rings. The Morgan fingerprint density at radius 1 is 1.19 bits per heavy atom. The molecule has 0 aliphatic carbocycles. The number of rotatable bonds is 7. The number of sulfonamides is 1. The van der Waals surface area contributed by atoms with Gasteiger partial charge in [-0.25, -0.2) is 17.8 Å². The van der Waals surface area contributed by atoms with Crippen molar-refractivity contribution in [1.29, 1.82) is 0 Å². The van der Waals surface area contributed by atoms with Crippen molar-refractivity contribution >= 4 is 15.8 Å². The van der Waals surface area contributed by atoms with Crippen LogP contribution in [0.4, 0.5) is 10.2 Å². The van der Waals surface area contributed by atoms with Crippen LogP contribution < -0.4 is 5.32 Å². The SMILES string of the molecule is O=S(=O)(c1ccc(NCCCc2cccc(F)c2)nc1)N1CCOCC1. The maximum absolute atomic E-state index is 13.1. The fourth-order valence-electron chi connectivity index (χ4n) is 2.77. The van der Waals surface area contributed by atoms with Crippen molar-refractivity contribution in [3.63, 3.8) is 0 Å². The van der Waals surface area contributed by atoms with Gasteiger partial charge in [-0.3, -0.25) is 0 Å². The van der Waals surface area contributed by atoms with Crippen molar-refractivity contribution in [1.82, 2.24) is 9.29 Å². The van der Waals surface area contributed by atoms with Crippen molar-refractivity contribution in [2.24, 2.45) is 0 Å². The molecule has 0 atom stereocenters. The molecule has 0 saturated carbocycles. The molecule has 0 bridgehead atoms. The molecule has 140 valence electrons. The molecule has 0 radical (unpaired) electrons. The van der Waals surface area contributed by atoms with Crippen LogP contribution in [0.15, 0.2) is 47.5 Å². The maximum Gasteiger partial charge on any atom is 0.244 e. The molecule has 0 spiro atoms. The Morgan fingerprint density at radius 2 is 2.00 bits per heavy atom. The van der Waals surface area contributed by atoms with Gasteiger partial charge < -0.3 is 10.1 Å². The number of hydrogen-bond acceptors (Lipinski definition) is 5. The van der Waals surface area contributed by atoms with E-state index in [4.69, 9.17) is 4.74 Å². The van der Waals surface area contributed by atoms with Gasteiger partial charge in [0.25, 0.3) is 0 Å². The number of benzene rings is 1. The summed E-state index contributed by atoms with van der Waals surface area (Å²) in [6.07, 6.45) is 2.95. The van der Waals surface area contributed by atoms with E-state index in [1.807, 2.05) is 6.07 Å². The largest absolute Gasteiger partial charge is 0.379 e. The minimum absolute atomic E-state index is 0.185. The number of ether oxygens (including phenoxy) is 1. The molecular weight excluding hydrogens is 357 g/mol. The van der Waals surface area contributed by atoms with Crippen LogP contribution in [0.1, 0.15) is 12.0 Å². The Kier molecular flexibility index (Phi) is 6.18. The van der Waals surface area contributed by atoms with Crippen LogP contribution >= 0.6 is 0 Å². The van der Waals surface area contributed by atoms with Crippen LogP contribution in [-0.4, -0.2) is 50.6 Å². The maximum atomic E-state index is 13.1. The van der Waals surface area contributed by atoms with E-state index in [-0.39, 0.29) is 10.7 Å². The fourth-order valence-corrected chi connectivity index (χ4v) is 4.13. The lowest BCUT2D eigenvalue weighted by molar-refractivity contribution is 0.0730. The Bertz CT molecular complexity index is 822. The standard InChI is InChI=1S/C18H22FN3O3S/c19-16-5-1-3-15(13-16)4-2-8-20-18-7-6-17(14-21-18)26(23,24)22-9-11-25-12-10-22/h1,3,5-7,13-14H,2,4,8-12H2,(H,20,21). The third-order valence-electron chi connectivity index (χ3n) is 4.18. The Morgan fingerprint density at radius 3 is 2.69 bits per heavy atom. The van der Waals surface area contributed by atoms with E-state index >= 15 is 0 Å².